The molecule has 0 aliphatic carbocycles. The second kappa shape index (κ2) is 6.88. The number of carbonyl (C=O) groups excluding carboxylic acids is 1. The van der Waals surface area contributed by atoms with Crippen LogP contribution in [0, 0.1) is 15.9 Å². The number of allylic oxidation sites excluding steroid dienone is 1. The number of rotatable bonds is 5. The highest BCUT2D eigenvalue weighted by Crippen LogP contribution is 2.17. The van der Waals surface area contributed by atoms with Crippen molar-refractivity contribution in [2.45, 2.75) is 0 Å². The van der Waals surface area contributed by atoms with Gasteiger partial charge in [-0.25, -0.2) is 9.37 Å². The third-order valence-electron chi connectivity index (χ3n) is 3.52. The Morgan fingerprint density at radius 1 is 1.24 bits per heavy atom. The van der Waals surface area contributed by atoms with Crippen LogP contribution in [0.1, 0.15) is 15.9 Å². The molecule has 7 heteroatoms. The van der Waals surface area contributed by atoms with E-state index in [-0.39, 0.29) is 11.3 Å². The molecule has 0 N–H and O–H groups in total. The molecular weight excluding hydrogens is 325 g/mol. The molecule has 1 heterocycles. The molecule has 0 fully saturated rings. The summed E-state index contributed by atoms with van der Waals surface area (Å²) in [5.74, 6) is -0.856. The first-order valence-corrected chi connectivity index (χ1v) is 7.29. The first-order valence-electron chi connectivity index (χ1n) is 7.29. The minimum absolute atomic E-state index is 0.157. The Kier molecular flexibility index (Phi) is 4.47. The summed E-state index contributed by atoms with van der Waals surface area (Å²) in [4.78, 5) is 26.2. The number of ketones is 1. The minimum Gasteiger partial charge on any atom is -0.303 e. The molecule has 0 aliphatic rings. The molecule has 0 saturated carbocycles. The number of non-ortho nitro benzene ring substituents is 1. The van der Waals surface area contributed by atoms with Gasteiger partial charge in [0.1, 0.15) is 5.82 Å². The number of carbonyl (C=O) groups is 1. The summed E-state index contributed by atoms with van der Waals surface area (Å²) < 4.78 is 15.7. The van der Waals surface area contributed by atoms with Gasteiger partial charge in [0.15, 0.2) is 5.78 Å². The highest BCUT2D eigenvalue weighted by Gasteiger charge is 2.09. The Morgan fingerprint density at radius 3 is 2.76 bits per heavy atom. The third-order valence-corrected chi connectivity index (χ3v) is 3.52. The first kappa shape index (κ1) is 16.3. The van der Waals surface area contributed by atoms with Gasteiger partial charge in [-0.15, -0.1) is 0 Å². The molecule has 3 rings (SSSR count). The fourth-order valence-electron chi connectivity index (χ4n) is 2.28. The van der Waals surface area contributed by atoms with Crippen LogP contribution in [0.25, 0.3) is 11.8 Å². The maximum atomic E-state index is 14.2. The molecule has 0 atom stereocenters. The fourth-order valence-corrected chi connectivity index (χ4v) is 2.28. The van der Waals surface area contributed by atoms with E-state index in [0.29, 0.717) is 11.3 Å². The van der Waals surface area contributed by atoms with E-state index in [4.69, 9.17) is 0 Å². The van der Waals surface area contributed by atoms with Crippen molar-refractivity contribution in [3.63, 3.8) is 0 Å². The van der Waals surface area contributed by atoms with Crippen LogP contribution in [0.4, 0.5) is 10.1 Å². The SMILES string of the molecule is O=C(/C=C/c1ccc(-n2ccnc2)c(F)c1)c1cccc([N+](=O)[O-])c1. The fraction of sp³-hybridized carbons (Fsp3) is 0. The van der Waals surface area contributed by atoms with E-state index >= 15 is 0 Å². The van der Waals surface area contributed by atoms with Crippen LogP contribution in [0.15, 0.2) is 67.3 Å². The number of nitro benzene ring substituents is 1. The number of aromatic nitrogens is 2. The van der Waals surface area contributed by atoms with Gasteiger partial charge in [0.25, 0.3) is 5.69 Å². The van der Waals surface area contributed by atoms with Crippen molar-refractivity contribution in [1.82, 2.24) is 9.55 Å². The lowest BCUT2D eigenvalue weighted by Crippen LogP contribution is -1.97. The molecule has 0 saturated heterocycles. The maximum Gasteiger partial charge on any atom is 0.270 e. The monoisotopic (exact) mass is 337 g/mol. The standard InChI is InChI=1S/C18H12FN3O3/c19-16-10-13(4-6-17(16)21-9-8-20-12-21)5-7-18(23)14-2-1-3-15(11-14)22(24)25/h1-12H/b7-5+. The number of hydrogen-bond donors (Lipinski definition) is 0. The molecule has 0 aliphatic heterocycles. The van der Waals surface area contributed by atoms with Crippen molar-refractivity contribution in [2.75, 3.05) is 0 Å². The Hall–Kier alpha value is -3.61. The Balaban J connectivity index is 1.80. The largest absolute Gasteiger partial charge is 0.303 e. The number of imidazole rings is 1. The van der Waals surface area contributed by atoms with E-state index in [1.165, 1.54) is 53.4 Å². The molecule has 0 amide bonds. The highest BCUT2D eigenvalue weighted by atomic mass is 19.1. The lowest BCUT2D eigenvalue weighted by molar-refractivity contribution is -0.384. The maximum absolute atomic E-state index is 14.2. The van der Waals surface area contributed by atoms with Crippen molar-refractivity contribution < 1.29 is 14.1 Å². The molecule has 6 nitrogen and oxygen atoms in total. The van der Waals surface area contributed by atoms with Gasteiger partial charge in [0.2, 0.25) is 0 Å². The molecule has 0 unspecified atom stereocenters. The van der Waals surface area contributed by atoms with Crippen LogP contribution < -0.4 is 0 Å². The summed E-state index contributed by atoms with van der Waals surface area (Å²) in [6.07, 6.45) is 7.37. The van der Waals surface area contributed by atoms with Crippen LogP contribution in [-0.4, -0.2) is 20.3 Å². The van der Waals surface area contributed by atoms with Crippen molar-refractivity contribution in [3.8, 4) is 5.69 Å². The predicted octanol–water partition coefficient (Wildman–Crippen LogP) is 3.82. The van der Waals surface area contributed by atoms with Crippen molar-refractivity contribution >= 4 is 17.5 Å². The average molecular weight is 337 g/mol. The molecule has 0 bridgehead atoms. The quantitative estimate of drug-likeness (QED) is 0.307. The van der Waals surface area contributed by atoms with E-state index < -0.39 is 16.5 Å². The second-order valence-corrected chi connectivity index (χ2v) is 5.19. The average Bonchev–Trinajstić information content (AvgIpc) is 3.14. The summed E-state index contributed by atoms with van der Waals surface area (Å²) in [5.41, 5.74) is 0.885. The summed E-state index contributed by atoms with van der Waals surface area (Å²) in [6.45, 7) is 0. The lowest BCUT2D eigenvalue weighted by Gasteiger charge is -2.04. The van der Waals surface area contributed by atoms with Gasteiger partial charge in [-0.3, -0.25) is 14.9 Å². The zero-order valence-corrected chi connectivity index (χ0v) is 12.9. The number of halogens is 1. The van der Waals surface area contributed by atoms with Crippen LogP contribution >= 0.6 is 0 Å². The Bertz CT molecular complexity index is 965. The topological polar surface area (TPSA) is 78.0 Å². The summed E-state index contributed by atoms with van der Waals surface area (Å²) in [6, 6.07) is 9.98. The molecule has 3 aromatic rings. The van der Waals surface area contributed by atoms with Gasteiger partial charge in [-0.2, -0.15) is 0 Å². The Morgan fingerprint density at radius 2 is 2.08 bits per heavy atom. The number of hydrogen-bond acceptors (Lipinski definition) is 4. The van der Waals surface area contributed by atoms with Gasteiger partial charge in [0.05, 0.1) is 16.9 Å². The molecule has 2 aromatic carbocycles. The van der Waals surface area contributed by atoms with Gasteiger partial charge in [-0.1, -0.05) is 24.3 Å². The molecule has 25 heavy (non-hydrogen) atoms. The van der Waals surface area contributed by atoms with Gasteiger partial charge >= 0.3 is 0 Å². The molecule has 124 valence electrons. The summed E-state index contributed by atoms with van der Waals surface area (Å²) >= 11 is 0. The first-order chi connectivity index (χ1) is 12.0. The lowest BCUT2D eigenvalue weighted by atomic mass is 10.1. The van der Waals surface area contributed by atoms with E-state index in [2.05, 4.69) is 4.98 Å². The number of nitrogens with zero attached hydrogens (tertiary/aromatic N) is 3. The normalized spacial score (nSPS) is 10.9. The third kappa shape index (κ3) is 3.66. The van der Waals surface area contributed by atoms with Crippen molar-refractivity contribution in [2.24, 2.45) is 0 Å². The van der Waals surface area contributed by atoms with Crippen molar-refractivity contribution in [3.05, 3.63) is 94.3 Å². The van der Waals surface area contributed by atoms with Crippen LogP contribution in [0.5, 0.6) is 0 Å². The van der Waals surface area contributed by atoms with Gasteiger partial charge < -0.3 is 4.57 Å². The zero-order chi connectivity index (χ0) is 17.8. The van der Waals surface area contributed by atoms with E-state index in [9.17, 15) is 19.3 Å². The summed E-state index contributed by atoms with van der Waals surface area (Å²) in [7, 11) is 0. The van der Waals surface area contributed by atoms with Crippen molar-refractivity contribution in [1.29, 1.82) is 0 Å². The molecule has 1 aromatic heterocycles. The second-order valence-electron chi connectivity index (χ2n) is 5.19. The summed E-state index contributed by atoms with van der Waals surface area (Å²) in [5, 5.41) is 10.8. The predicted molar refractivity (Wildman–Crippen MR) is 90.0 cm³/mol. The van der Waals surface area contributed by atoms with Gasteiger partial charge in [0, 0.05) is 30.1 Å². The molecular formula is C18H12FN3O3. The molecule has 0 radical (unpaired) electrons. The van der Waals surface area contributed by atoms with E-state index in [1.807, 2.05) is 0 Å². The van der Waals surface area contributed by atoms with E-state index in [0.717, 1.165) is 0 Å². The number of nitro groups is 1. The smallest absolute Gasteiger partial charge is 0.270 e. The van der Waals surface area contributed by atoms with Crippen LogP contribution in [0.2, 0.25) is 0 Å². The van der Waals surface area contributed by atoms with E-state index in [1.54, 1.807) is 24.5 Å². The zero-order valence-electron chi connectivity index (χ0n) is 12.9. The van der Waals surface area contributed by atoms with Gasteiger partial charge in [-0.05, 0) is 23.8 Å². The highest BCUT2D eigenvalue weighted by molar-refractivity contribution is 6.07. The van der Waals surface area contributed by atoms with Crippen LogP contribution in [0.3, 0.4) is 0 Å². The minimum atomic E-state index is -0.565. The van der Waals surface area contributed by atoms with Crippen LogP contribution in [-0.2, 0) is 0 Å². The Labute approximate surface area is 142 Å². The number of benzene rings is 2. The molecule has 0 spiro atoms.